The van der Waals surface area contributed by atoms with E-state index in [0.717, 1.165) is 12.6 Å². The maximum atomic E-state index is 13.8. The fourth-order valence-electron chi connectivity index (χ4n) is 3.23. The zero-order valence-electron chi connectivity index (χ0n) is 12.4. The van der Waals surface area contributed by atoms with Gasteiger partial charge < -0.3 is 5.73 Å². The molecule has 0 bridgehead atoms. The summed E-state index contributed by atoms with van der Waals surface area (Å²) in [7, 11) is 0. The molecule has 0 radical (unpaired) electrons. The van der Waals surface area contributed by atoms with Gasteiger partial charge in [0.25, 0.3) is 0 Å². The molecule has 0 aliphatic carbocycles. The number of halogens is 2. The van der Waals surface area contributed by atoms with Gasteiger partial charge in [0.15, 0.2) is 0 Å². The summed E-state index contributed by atoms with van der Waals surface area (Å²) in [5, 5.41) is 0. The Kier molecular flexibility index (Phi) is 4.76. The topological polar surface area (TPSA) is 29.3 Å². The summed E-state index contributed by atoms with van der Waals surface area (Å²) in [6.45, 7) is 8.28. The molecule has 0 amide bonds. The standard InChI is InChI=1S/C16H24F2N2/c1-10-6-11(2)12(3)20(8-10)9-16(19)14-5-4-13(17)7-15(14)18/h4-5,7,10-12,16H,6,8-9,19H2,1-3H3. The van der Waals surface area contributed by atoms with Gasteiger partial charge in [-0.25, -0.2) is 8.78 Å². The van der Waals surface area contributed by atoms with E-state index in [0.29, 0.717) is 30.0 Å². The van der Waals surface area contributed by atoms with Gasteiger partial charge in [-0.1, -0.05) is 19.9 Å². The third kappa shape index (κ3) is 3.36. The van der Waals surface area contributed by atoms with Crippen molar-refractivity contribution >= 4 is 0 Å². The van der Waals surface area contributed by atoms with Gasteiger partial charge in [-0.3, -0.25) is 4.90 Å². The van der Waals surface area contributed by atoms with Gasteiger partial charge in [-0.15, -0.1) is 0 Å². The lowest BCUT2D eigenvalue weighted by Gasteiger charge is -2.42. The minimum absolute atomic E-state index is 0.393. The summed E-state index contributed by atoms with van der Waals surface area (Å²) in [6, 6.07) is 3.65. The summed E-state index contributed by atoms with van der Waals surface area (Å²) in [5.74, 6) is 0.130. The van der Waals surface area contributed by atoms with Crippen LogP contribution in [0.15, 0.2) is 18.2 Å². The first-order valence-electron chi connectivity index (χ1n) is 7.33. The lowest BCUT2D eigenvalue weighted by atomic mass is 9.85. The fourth-order valence-corrected chi connectivity index (χ4v) is 3.23. The molecule has 4 unspecified atom stereocenters. The minimum Gasteiger partial charge on any atom is -0.323 e. The van der Waals surface area contributed by atoms with Crippen molar-refractivity contribution in [1.82, 2.24) is 4.90 Å². The van der Waals surface area contributed by atoms with Crippen molar-refractivity contribution in [2.45, 2.75) is 39.3 Å². The highest BCUT2D eigenvalue weighted by molar-refractivity contribution is 5.22. The average molecular weight is 282 g/mol. The van der Waals surface area contributed by atoms with Gasteiger partial charge in [0.05, 0.1) is 0 Å². The maximum Gasteiger partial charge on any atom is 0.130 e. The highest BCUT2D eigenvalue weighted by Crippen LogP contribution is 2.28. The molecule has 1 fully saturated rings. The fraction of sp³-hybridized carbons (Fsp3) is 0.625. The van der Waals surface area contributed by atoms with E-state index >= 15 is 0 Å². The van der Waals surface area contributed by atoms with Crippen molar-refractivity contribution in [2.24, 2.45) is 17.6 Å². The lowest BCUT2D eigenvalue weighted by Crippen LogP contribution is -2.48. The smallest absolute Gasteiger partial charge is 0.130 e. The molecule has 2 nitrogen and oxygen atoms in total. The molecule has 1 aromatic carbocycles. The third-order valence-electron chi connectivity index (χ3n) is 4.51. The monoisotopic (exact) mass is 282 g/mol. The van der Waals surface area contributed by atoms with Crippen LogP contribution in [0.5, 0.6) is 0 Å². The van der Waals surface area contributed by atoms with Crippen molar-refractivity contribution in [3.8, 4) is 0 Å². The van der Waals surface area contributed by atoms with Crippen molar-refractivity contribution in [2.75, 3.05) is 13.1 Å². The van der Waals surface area contributed by atoms with Crippen molar-refractivity contribution in [3.63, 3.8) is 0 Å². The number of hydrogen-bond donors (Lipinski definition) is 1. The molecule has 4 heteroatoms. The maximum absolute atomic E-state index is 13.8. The van der Waals surface area contributed by atoms with E-state index in [1.165, 1.54) is 18.6 Å². The summed E-state index contributed by atoms with van der Waals surface area (Å²) >= 11 is 0. The van der Waals surface area contributed by atoms with Gasteiger partial charge in [0, 0.05) is 36.8 Å². The van der Waals surface area contributed by atoms with E-state index in [-0.39, 0.29) is 0 Å². The third-order valence-corrected chi connectivity index (χ3v) is 4.51. The van der Waals surface area contributed by atoms with Crippen LogP contribution in [0.25, 0.3) is 0 Å². The van der Waals surface area contributed by atoms with Crippen molar-refractivity contribution in [1.29, 1.82) is 0 Å². The average Bonchev–Trinajstić information content (AvgIpc) is 2.35. The van der Waals surface area contributed by atoms with Gasteiger partial charge in [0.1, 0.15) is 11.6 Å². The molecular weight excluding hydrogens is 258 g/mol. The summed E-state index contributed by atoms with van der Waals surface area (Å²) < 4.78 is 26.7. The predicted molar refractivity (Wildman–Crippen MR) is 77.3 cm³/mol. The highest BCUT2D eigenvalue weighted by atomic mass is 19.1. The molecule has 4 atom stereocenters. The Hall–Kier alpha value is -1.00. The molecule has 2 N–H and O–H groups in total. The predicted octanol–water partition coefficient (Wildman–Crippen LogP) is 3.33. The van der Waals surface area contributed by atoms with Crippen molar-refractivity contribution < 1.29 is 8.78 Å². The molecule has 0 aromatic heterocycles. The van der Waals surface area contributed by atoms with E-state index in [4.69, 9.17) is 5.73 Å². The van der Waals surface area contributed by atoms with E-state index < -0.39 is 17.7 Å². The number of rotatable bonds is 3. The Morgan fingerprint density at radius 1 is 1.30 bits per heavy atom. The zero-order valence-corrected chi connectivity index (χ0v) is 12.4. The number of benzene rings is 1. The van der Waals surface area contributed by atoms with Crippen LogP contribution in [-0.4, -0.2) is 24.0 Å². The van der Waals surface area contributed by atoms with Crippen LogP contribution >= 0.6 is 0 Å². The van der Waals surface area contributed by atoms with Crippen LogP contribution in [0.3, 0.4) is 0 Å². The molecule has 2 rings (SSSR count). The molecule has 0 saturated carbocycles. The van der Waals surface area contributed by atoms with E-state index in [9.17, 15) is 8.78 Å². The van der Waals surface area contributed by atoms with Crippen LogP contribution < -0.4 is 5.73 Å². The molecule has 1 heterocycles. The Morgan fingerprint density at radius 3 is 2.65 bits per heavy atom. The van der Waals surface area contributed by atoms with E-state index in [1.807, 2.05) is 0 Å². The molecule has 1 aromatic rings. The number of likely N-dealkylation sites (tertiary alicyclic amines) is 1. The Bertz CT molecular complexity index is 464. The minimum atomic E-state index is -0.563. The molecule has 1 aliphatic heterocycles. The van der Waals surface area contributed by atoms with Crippen LogP contribution in [0.1, 0.15) is 38.8 Å². The molecule has 20 heavy (non-hydrogen) atoms. The number of nitrogens with two attached hydrogens (primary N) is 1. The number of hydrogen-bond acceptors (Lipinski definition) is 2. The van der Waals surface area contributed by atoms with E-state index in [2.05, 4.69) is 25.7 Å². The van der Waals surface area contributed by atoms with Gasteiger partial charge in [-0.2, -0.15) is 0 Å². The number of nitrogens with zero attached hydrogens (tertiary/aromatic N) is 1. The summed E-state index contributed by atoms with van der Waals surface area (Å²) in [4.78, 5) is 2.33. The first-order chi connectivity index (χ1) is 9.38. The normalized spacial score (nSPS) is 29.4. The summed E-state index contributed by atoms with van der Waals surface area (Å²) in [5.41, 5.74) is 6.52. The molecule has 1 saturated heterocycles. The van der Waals surface area contributed by atoms with Crippen LogP contribution in [0.4, 0.5) is 8.78 Å². The highest BCUT2D eigenvalue weighted by Gasteiger charge is 2.30. The van der Waals surface area contributed by atoms with Crippen LogP contribution in [-0.2, 0) is 0 Å². The summed E-state index contributed by atoms with van der Waals surface area (Å²) in [6.07, 6.45) is 1.22. The van der Waals surface area contributed by atoms with Gasteiger partial charge in [0.2, 0.25) is 0 Å². The SMILES string of the molecule is CC1CC(C)C(C)N(CC(N)c2ccc(F)cc2F)C1. The molecule has 112 valence electrons. The molecule has 1 aliphatic rings. The lowest BCUT2D eigenvalue weighted by molar-refractivity contribution is 0.0738. The first kappa shape index (κ1) is 15.4. The zero-order chi connectivity index (χ0) is 14.9. The van der Waals surface area contributed by atoms with Crippen LogP contribution in [0.2, 0.25) is 0 Å². The second-order valence-corrected chi connectivity index (χ2v) is 6.28. The molecule has 0 spiro atoms. The first-order valence-corrected chi connectivity index (χ1v) is 7.33. The Balaban J connectivity index is 2.08. The largest absolute Gasteiger partial charge is 0.323 e. The second-order valence-electron chi connectivity index (χ2n) is 6.28. The molecular formula is C16H24F2N2. The number of piperidine rings is 1. The van der Waals surface area contributed by atoms with Crippen LogP contribution in [0, 0.1) is 23.5 Å². The van der Waals surface area contributed by atoms with Gasteiger partial charge in [-0.05, 0) is 31.2 Å². The second kappa shape index (κ2) is 6.19. The Morgan fingerprint density at radius 2 is 2.00 bits per heavy atom. The quantitative estimate of drug-likeness (QED) is 0.921. The Labute approximate surface area is 120 Å². The van der Waals surface area contributed by atoms with E-state index in [1.54, 1.807) is 0 Å². The van der Waals surface area contributed by atoms with Gasteiger partial charge >= 0.3 is 0 Å². The van der Waals surface area contributed by atoms with Crippen molar-refractivity contribution in [3.05, 3.63) is 35.4 Å².